The molecular formula is C32H24Br2N2O2. The van der Waals surface area contributed by atoms with E-state index in [4.69, 9.17) is 0 Å². The van der Waals surface area contributed by atoms with Crippen LogP contribution in [0.3, 0.4) is 0 Å². The molecule has 0 fully saturated rings. The minimum atomic E-state index is -0.225. The first-order valence-electron chi connectivity index (χ1n) is 12.7. The quantitative estimate of drug-likeness (QED) is 0.200. The maximum Gasteiger partial charge on any atom is 0.259 e. The number of rotatable bonds is 0. The van der Waals surface area contributed by atoms with Gasteiger partial charge >= 0.3 is 0 Å². The Morgan fingerprint density at radius 3 is 1.42 bits per heavy atom. The van der Waals surface area contributed by atoms with Crippen molar-refractivity contribution in [2.45, 2.75) is 37.8 Å². The van der Waals surface area contributed by atoms with Gasteiger partial charge in [-0.15, -0.1) is 0 Å². The molecule has 38 heavy (non-hydrogen) atoms. The van der Waals surface area contributed by atoms with Gasteiger partial charge < -0.3 is 0 Å². The summed E-state index contributed by atoms with van der Waals surface area (Å²) >= 11 is 7.01. The molecular weight excluding hydrogens is 604 g/mol. The number of anilines is 2. The summed E-state index contributed by atoms with van der Waals surface area (Å²) in [6, 6.07) is 28.2. The van der Waals surface area contributed by atoms with Crippen LogP contribution >= 0.6 is 31.9 Å². The maximum atomic E-state index is 12.6. The second-order valence-electron chi connectivity index (χ2n) is 10.8. The van der Waals surface area contributed by atoms with Crippen molar-refractivity contribution in [2.75, 3.05) is 9.80 Å². The molecule has 0 bridgehead atoms. The Hall–Kier alpha value is -3.22. The third kappa shape index (κ3) is 3.13. The molecule has 4 aromatic carbocycles. The SMILES string of the molecule is C[C@]12Cc3cc(Br)ccc3N1C(=O)c1ccccc12.C[C@]12Cc3cc(Br)ccc3N1C(=O)c1ccccc12. The molecule has 0 radical (unpaired) electrons. The third-order valence-corrected chi connectivity index (χ3v) is 9.49. The monoisotopic (exact) mass is 626 g/mol. The summed E-state index contributed by atoms with van der Waals surface area (Å²) in [4.78, 5) is 29.2. The summed E-state index contributed by atoms with van der Waals surface area (Å²) in [5.41, 5.74) is 8.10. The van der Waals surface area contributed by atoms with Crippen LogP contribution in [0.25, 0.3) is 0 Å². The van der Waals surface area contributed by atoms with Gasteiger partial charge in [0, 0.05) is 44.3 Å². The van der Waals surface area contributed by atoms with Gasteiger partial charge in [0.05, 0.1) is 11.1 Å². The largest absolute Gasteiger partial charge is 0.298 e. The minimum absolute atomic E-state index is 0.124. The molecule has 8 rings (SSSR count). The van der Waals surface area contributed by atoms with Gasteiger partial charge in [0.1, 0.15) is 0 Å². The molecule has 4 aliphatic rings. The van der Waals surface area contributed by atoms with E-state index in [0.29, 0.717) is 0 Å². The maximum absolute atomic E-state index is 12.6. The highest BCUT2D eigenvalue weighted by Gasteiger charge is 2.52. The lowest BCUT2D eigenvalue weighted by atomic mass is 9.88. The lowest BCUT2D eigenvalue weighted by molar-refractivity contribution is 0.0975. The highest BCUT2D eigenvalue weighted by Crippen LogP contribution is 2.52. The van der Waals surface area contributed by atoms with Gasteiger partial charge in [-0.1, -0.05) is 68.3 Å². The average molecular weight is 628 g/mol. The fraction of sp³-hybridized carbons (Fsp3) is 0.188. The number of benzene rings is 4. The number of hydrogen-bond acceptors (Lipinski definition) is 2. The summed E-state index contributed by atoms with van der Waals surface area (Å²) in [5.74, 6) is 0.248. The molecule has 4 aliphatic heterocycles. The van der Waals surface area contributed by atoms with E-state index < -0.39 is 0 Å². The van der Waals surface area contributed by atoms with Crippen molar-refractivity contribution in [1.82, 2.24) is 0 Å². The van der Waals surface area contributed by atoms with Gasteiger partial charge in [-0.05, 0) is 84.6 Å². The summed E-state index contributed by atoms with van der Waals surface area (Å²) in [5, 5.41) is 0. The Morgan fingerprint density at radius 1 is 0.605 bits per heavy atom. The van der Waals surface area contributed by atoms with E-state index in [0.717, 1.165) is 55.4 Å². The van der Waals surface area contributed by atoms with Crippen molar-refractivity contribution in [3.05, 3.63) is 127 Å². The number of fused-ring (bicyclic) bond motifs is 10. The van der Waals surface area contributed by atoms with Gasteiger partial charge in [0.25, 0.3) is 11.8 Å². The van der Waals surface area contributed by atoms with Crippen LogP contribution in [0.15, 0.2) is 93.9 Å². The third-order valence-electron chi connectivity index (χ3n) is 8.50. The van der Waals surface area contributed by atoms with Crippen LogP contribution in [-0.2, 0) is 23.9 Å². The molecule has 0 N–H and O–H groups in total. The molecule has 4 nitrogen and oxygen atoms in total. The first kappa shape index (κ1) is 23.9. The molecule has 6 heteroatoms. The molecule has 0 saturated heterocycles. The number of carbonyl (C=O) groups is 2. The summed E-state index contributed by atoms with van der Waals surface area (Å²) < 4.78 is 2.13. The van der Waals surface area contributed by atoms with Gasteiger partial charge in [-0.2, -0.15) is 0 Å². The molecule has 0 aromatic heterocycles. The van der Waals surface area contributed by atoms with Crippen LogP contribution < -0.4 is 9.80 Å². The van der Waals surface area contributed by atoms with Gasteiger partial charge in [-0.3, -0.25) is 19.4 Å². The van der Waals surface area contributed by atoms with Crippen molar-refractivity contribution in [1.29, 1.82) is 0 Å². The molecule has 2 atom stereocenters. The number of hydrogen-bond donors (Lipinski definition) is 0. The molecule has 0 spiro atoms. The molecule has 2 amide bonds. The molecule has 4 aromatic rings. The zero-order chi connectivity index (χ0) is 26.4. The lowest BCUT2D eigenvalue weighted by Crippen LogP contribution is -2.38. The smallest absolute Gasteiger partial charge is 0.259 e. The second-order valence-corrected chi connectivity index (χ2v) is 12.7. The predicted molar refractivity (Wildman–Crippen MR) is 157 cm³/mol. The first-order valence-corrected chi connectivity index (χ1v) is 14.3. The highest BCUT2D eigenvalue weighted by atomic mass is 79.9. The van der Waals surface area contributed by atoms with Crippen LogP contribution in [-0.4, -0.2) is 11.8 Å². The van der Waals surface area contributed by atoms with E-state index in [1.165, 1.54) is 11.1 Å². The predicted octanol–water partition coefficient (Wildman–Crippen LogP) is 7.76. The van der Waals surface area contributed by atoms with Crippen LogP contribution in [0, 0.1) is 0 Å². The van der Waals surface area contributed by atoms with E-state index in [1.807, 2.05) is 70.5 Å². The Morgan fingerprint density at radius 2 is 1.00 bits per heavy atom. The van der Waals surface area contributed by atoms with Crippen molar-refractivity contribution in [2.24, 2.45) is 0 Å². The Kier molecular flexibility index (Phi) is 5.11. The van der Waals surface area contributed by atoms with E-state index in [1.54, 1.807) is 0 Å². The van der Waals surface area contributed by atoms with E-state index in [-0.39, 0.29) is 22.9 Å². The van der Waals surface area contributed by atoms with Gasteiger partial charge in [0.2, 0.25) is 0 Å². The lowest BCUT2D eigenvalue weighted by Gasteiger charge is -2.28. The number of nitrogens with zero attached hydrogens (tertiary/aromatic N) is 2. The summed E-state index contributed by atoms with van der Waals surface area (Å²) in [7, 11) is 0. The summed E-state index contributed by atoms with van der Waals surface area (Å²) in [6.07, 6.45) is 1.76. The van der Waals surface area contributed by atoms with Gasteiger partial charge in [-0.25, -0.2) is 0 Å². The van der Waals surface area contributed by atoms with Crippen molar-refractivity contribution >= 4 is 55.0 Å². The first-order chi connectivity index (χ1) is 18.2. The zero-order valence-corrected chi connectivity index (χ0v) is 24.1. The molecule has 4 heterocycles. The fourth-order valence-corrected chi connectivity index (χ4v) is 7.69. The van der Waals surface area contributed by atoms with Crippen LogP contribution in [0.5, 0.6) is 0 Å². The second kappa shape index (κ2) is 8.14. The Bertz CT molecular complexity index is 1570. The Labute approximate surface area is 238 Å². The van der Waals surface area contributed by atoms with E-state index >= 15 is 0 Å². The fourth-order valence-electron chi connectivity index (χ4n) is 6.88. The highest BCUT2D eigenvalue weighted by molar-refractivity contribution is 9.10. The molecule has 188 valence electrons. The average Bonchev–Trinajstić information content (AvgIpc) is 3.51. The standard InChI is InChI=1S/2C16H12BrNO/c2*1-16-9-10-8-11(17)6-7-14(10)18(16)15(19)12-4-2-3-5-13(12)16/h2*2-8H,9H2,1H3/t2*16-/m11/s1. The number of halogens is 2. The normalized spacial score (nSPS) is 23.3. The van der Waals surface area contributed by atoms with Crippen LogP contribution in [0.2, 0.25) is 0 Å². The van der Waals surface area contributed by atoms with Crippen LogP contribution in [0.1, 0.15) is 56.8 Å². The van der Waals surface area contributed by atoms with Crippen LogP contribution in [0.4, 0.5) is 11.4 Å². The van der Waals surface area contributed by atoms with E-state index in [9.17, 15) is 9.59 Å². The van der Waals surface area contributed by atoms with Crippen molar-refractivity contribution in [3.63, 3.8) is 0 Å². The topological polar surface area (TPSA) is 40.6 Å². The van der Waals surface area contributed by atoms with Gasteiger partial charge in [0.15, 0.2) is 0 Å². The van der Waals surface area contributed by atoms with Crippen molar-refractivity contribution in [3.8, 4) is 0 Å². The minimum Gasteiger partial charge on any atom is -0.298 e. The number of carbonyl (C=O) groups excluding carboxylic acids is 2. The molecule has 0 saturated carbocycles. The zero-order valence-electron chi connectivity index (χ0n) is 21.0. The Balaban J connectivity index is 0.000000127. The molecule has 0 aliphatic carbocycles. The number of amides is 2. The molecule has 0 unspecified atom stereocenters. The summed E-state index contributed by atoms with van der Waals surface area (Å²) in [6.45, 7) is 4.31. The van der Waals surface area contributed by atoms with E-state index in [2.05, 4.69) is 70.0 Å². The van der Waals surface area contributed by atoms with Crippen molar-refractivity contribution < 1.29 is 9.59 Å².